The highest BCUT2D eigenvalue weighted by molar-refractivity contribution is 5.90. The number of anilines is 1. The molecule has 5 rings (SSSR count). The van der Waals surface area contributed by atoms with E-state index in [-0.39, 0.29) is 6.03 Å². The second-order valence-electron chi connectivity index (χ2n) is 9.26. The van der Waals surface area contributed by atoms with E-state index in [0.29, 0.717) is 19.6 Å². The molecule has 4 aromatic rings. The van der Waals surface area contributed by atoms with Crippen LogP contribution >= 0.6 is 0 Å². The van der Waals surface area contributed by atoms with Crippen LogP contribution < -0.4 is 5.32 Å². The van der Waals surface area contributed by atoms with E-state index in [9.17, 15) is 4.79 Å². The van der Waals surface area contributed by atoms with Crippen LogP contribution in [0.1, 0.15) is 29.4 Å². The Kier molecular flexibility index (Phi) is 6.51. The fourth-order valence-electron chi connectivity index (χ4n) is 4.87. The summed E-state index contributed by atoms with van der Waals surface area (Å²) in [7, 11) is 0. The SMILES string of the molecule is CCc1ccccc1NC(=O)N1CCN(Cc2nc3cccnc3n2-c2cc(C)cc(C)c2)CC1. The lowest BCUT2D eigenvalue weighted by molar-refractivity contribution is 0.140. The topological polar surface area (TPSA) is 66.3 Å². The van der Waals surface area contributed by atoms with Gasteiger partial charge in [-0.05, 0) is 67.3 Å². The maximum absolute atomic E-state index is 12.9. The largest absolute Gasteiger partial charge is 0.322 e. The molecule has 1 aliphatic rings. The average Bonchev–Trinajstić information content (AvgIpc) is 3.22. The fourth-order valence-corrected chi connectivity index (χ4v) is 4.87. The van der Waals surface area contributed by atoms with Crippen molar-refractivity contribution in [1.82, 2.24) is 24.3 Å². The first-order valence-electron chi connectivity index (χ1n) is 12.3. The van der Waals surface area contributed by atoms with Gasteiger partial charge >= 0.3 is 6.03 Å². The normalized spacial score (nSPS) is 14.4. The minimum absolute atomic E-state index is 0.0303. The quantitative estimate of drug-likeness (QED) is 0.450. The first kappa shape index (κ1) is 23.1. The van der Waals surface area contributed by atoms with Crippen LogP contribution in [0.25, 0.3) is 16.9 Å². The zero-order chi connectivity index (χ0) is 24.4. The number of urea groups is 1. The van der Waals surface area contributed by atoms with Crippen molar-refractivity contribution in [1.29, 1.82) is 0 Å². The molecule has 0 unspecified atom stereocenters. The highest BCUT2D eigenvalue weighted by Crippen LogP contribution is 2.23. The number of aryl methyl sites for hydroxylation is 3. The summed E-state index contributed by atoms with van der Waals surface area (Å²) in [6.07, 6.45) is 2.71. The van der Waals surface area contributed by atoms with Gasteiger partial charge < -0.3 is 10.2 Å². The lowest BCUT2D eigenvalue weighted by atomic mass is 10.1. The number of carbonyl (C=O) groups is 1. The van der Waals surface area contributed by atoms with Crippen LogP contribution in [0.15, 0.2) is 60.8 Å². The van der Waals surface area contributed by atoms with E-state index in [0.717, 1.165) is 53.4 Å². The van der Waals surface area contributed by atoms with Crippen molar-refractivity contribution in [3.05, 3.63) is 83.3 Å². The molecule has 3 heterocycles. The van der Waals surface area contributed by atoms with Crippen LogP contribution in [0.5, 0.6) is 0 Å². The van der Waals surface area contributed by atoms with Gasteiger partial charge in [0.2, 0.25) is 0 Å². The summed E-state index contributed by atoms with van der Waals surface area (Å²) in [5, 5.41) is 3.10. The van der Waals surface area contributed by atoms with Crippen molar-refractivity contribution in [2.45, 2.75) is 33.7 Å². The van der Waals surface area contributed by atoms with Gasteiger partial charge in [-0.2, -0.15) is 0 Å². The summed E-state index contributed by atoms with van der Waals surface area (Å²) < 4.78 is 2.18. The van der Waals surface area contributed by atoms with Gasteiger partial charge in [-0.15, -0.1) is 0 Å². The maximum Gasteiger partial charge on any atom is 0.321 e. The number of para-hydroxylation sites is 1. The zero-order valence-corrected chi connectivity index (χ0v) is 20.7. The summed E-state index contributed by atoms with van der Waals surface area (Å²) >= 11 is 0. The molecule has 1 aliphatic heterocycles. The third kappa shape index (κ3) is 4.91. The third-order valence-corrected chi connectivity index (χ3v) is 6.61. The first-order valence-corrected chi connectivity index (χ1v) is 12.3. The van der Waals surface area contributed by atoms with Crippen LogP contribution in [0.4, 0.5) is 10.5 Å². The molecule has 1 fully saturated rings. The number of amides is 2. The number of carbonyl (C=O) groups excluding carboxylic acids is 1. The second kappa shape index (κ2) is 9.88. The minimum Gasteiger partial charge on any atom is -0.322 e. The summed E-state index contributed by atoms with van der Waals surface area (Å²) in [5.74, 6) is 0.971. The molecule has 2 aromatic heterocycles. The molecule has 1 saturated heterocycles. The van der Waals surface area contributed by atoms with Crippen LogP contribution in [0.2, 0.25) is 0 Å². The van der Waals surface area contributed by atoms with Gasteiger partial charge in [-0.1, -0.05) is 31.2 Å². The van der Waals surface area contributed by atoms with Crippen molar-refractivity contribution in [2.75, 3.05) is 31.5 Å². The van der Waals surface area contributed by atoms with Crippen molar-refractivity contribution in [2.24, 2.45) is 0 Å². The number of piperazine rings is 1. The average molecular weight is 469 g/mol. The van der Waals surface area contributed by atoms with Gasteiger partial charge in [0.05, 0.1) is 6.54 Å². The Hall–Kier alpha value is -3.71. The lowest BCUT2D eigenvalue weighted by Gasteiger charge is -2.34. The molecule has 1 N–H and O–H groups in total. The van der Waals surface area contributed by atoms with E-state index in [1.165, 1.54) is 11.1 Å². The Morgan fingerprint density at radius 1 is 0.971 bits per heavy atom. The Morgan fingerprint density at radius 3 is 2.46 bits per heavy atom. The Labute approximate surface area is 206 Å². The number of nitrogens with one attached hydrogen (secondary N) is 1. The highest BCUT2D eigenvalue weighted by atomic mass is 16.2. The molecule has 2 aromatic carbocycles. The molecule has 35 heavy (non-hydrogen) atoms. The summed E-state index contributed by atoms with van der Waals surface area (Å²) in [6.45, 7) is 10.0. The van der Waals surface area contributed by atoms with Crippen LogP contribution in [0, 0.1) is 13.8 Å². The summed E-state index contributed by atoms with van der Waals surface area (Å²) in [6, 6.07) is 18.5. The molecule has 7 nitrogen and oxygen atoms in total. The highest BCUT2D eigenvalue weighted by Gasteiger charge is 2.24. The van der Waals surface area contributed by atoms with Crippen LogP contribution in [0.3, 0.4) is 0 Å². The minimum atomic E-state index is -0.0303. The molecule has 180 valence electrons. The summed E-state index contributed by atoms with van der Waals surface area (Å²) in [4.78, 5) is 26.7. The van der Waals surface area contributed by atoms with Gasteiger partial charge in [0.25, 0.3) is 0 Å². The molecule has 2 amide bonds. The van der Waals surface area contributed by atoms with Crippen molar-refractivity contribution in [3.8, 4) is 5.69 Å². The van der Waals surface area contributed by atoms with E-state index in [1.807, 2.05) is 41.4 Å². The van der Waals surface area contributed by atoms with Gasteiger partial charge in [0.15, 0.2) is 5.65 Å². The second-order valence-corrected chi connectivity index (χ2v) is 9.26. The van der Waals surface area contributed by atoms with Gasteiger partial charge in [-0.3, -0.25) is 9.47 Å². The number of rotatable bonds is 5. The number of hydrogen-bond acceptors (Lipinski definition) is 4. The van der Waals surface area contributed by atoms with Crippen LogP contribution in [-0.4, -0.2) is 56.5 Å². The fraction of sp³-hybridized carbons (Fsp3) is 0.321. The zero-order valence-electron chi connectivity index (χ0n) is 20.7. The van der Waals surface area contributed by atoms with E-state index < -0.39 is 0 Å². The Bertz CT molecular complexity index is 1330. The van der Waals surface area contributed by atoms with Crippen molar-refractivity contribution in [3.63, 3.8) is 0 Å². The molecule has 0 spiro atoms. The Balaban J connectivity index is 1.31. The van der Waals surface area contributed by atoms with Crippen molar-refractivity contribution >= 4 is 22.9 Å². The number of aromatic nitrogens is 3. The first-order chi connectivity index (χ1) is 17.0. The van der Waals surface area contributed by atoms with Crippen LogP contribution in [-0.2, 0) is 13.0 Å². The molecular formula is C28H32N6O. The number of hydrogen-bond donors (Lipinski definition) is 1. The predicted octanol–water partition coefficient (Wildman–Crippen LogP) is 4.95. The lowest BCUT2D eigenvalue weighted by Crippen LogP contribution is -2.49. The third-order valence-electron chi connectivity index (χ3n) is 6.61. The predicted molar refractivity (Wildman–Crippen MR) is 140 cm³/mol. The van der Waals surface area contributed by atoms with Crippen molar-refractivity contribution < 1.29 is 4.79 Å². The van der Waals surface area contributed by atoms with E-state index in [1.54, 1.807) is 0 Å². The number of pyridine rings is 1. The number of nitrogens with zero attached hydrogens (tertiary/aromatic N) is 5. The molecule has 7 heteroatoms. The Morgan fingerprint density at radius 2 is 1.71 bits per heavy atom. The van der Waals surface area contributed by atoms with E-state index >= 15 is 0 Å². The maximum atomic E-state index is 12.9. The smallest absolute Gasteiger partial charge is 0.321 e. The van der Waals surface area contributed by atoms with Gasteiger partial charge in [-0.25, -0.2) is 14.8 Å². The van der Waals surface area contributed by atoms with E-state index in [2.05, 4.69) is 64.8 Å². The van der Waals surface area contributed by atoms with Gasteiger partial charge in [0, 0.05) is 43.8 Å². The molecular weight excluding hydrogens is 436 g/mol. The van der Waals surface area contributed by atoms with E-state index in [4.69, 9.17) is 4.98 Å². The number of benzene rings is 2. The molecule has 0 atom stereocenters. The molecule has 0 radical (unpaired) electrons. The number of imidazole rings is 1. The standard InChI is InChI=1S/C28H32N6O/c1-4-22-8-5-6-9-24(22)31-28(35)33-14-12-32(13-15-33)19-26-30-25-10-7-11-29-27(25)34(26)23-17-20(2)16-21(3)18-23/h5-11,16-18H,4,12-15,19H2,1-3H3,(H,31,35). The molecule has 0 bridgehead atoms. The molecule has 0 saturated carbocycles. The monoisotopic (exact) mass is 468 g/mol. The van der Waals surface area contributed by atoms with Gasteiger partial charge in [0.1, 0.15) is 11.3 Å². The number of fused-ring (bicyclic) bond motifs is 1. The summed E-state index contributed by atoms with van der Waals surface area (Å²) in [5.41, 5.74) is 7.34. The molecule has 0 aliphatic carbocycles.